The van der Waals surface area contributed by atoms with E-state index in [0.717, 1.165) is 28.1 Å². The van der Waals surface area contributed by atoms with Gasteiger partial charge < -0.3 is 10.7 Å². The van der Waals surface area contributed by atoms with Crippen molar-refractivity contribution in [3.63, 3.8) is 0 Å². The number of nitrogens with two attached hydrogens (primary N) is 1. The maximum Gasteiger partial charge on any atom is 0.261 e. The van der Waals surface area contributed by atoms with Crippen LogP contribution >= 0.6 is 0 Å². The summed E-state index contributed by atoms with van der Waals surface area (Å²) in [5.74, 6) is -2.58. The minimum atomic E-state index is -2.67. The van der Waals surface area contributed by atoms with Crippen molar-refractivity contribution in [2.45, 2.75) is 32.2 Å². The van der Waals surface area contributed by atoms with Gasteiger partial charge in [-0.1, -0.05) is 24.8 Å². The second-order valence-corrected chi connectivity index (χ2v) is 9.78. The number of anilines is 1. The van der Waals surface area contributed by atoms with Crippen molar-refractivity contribution in [1.29, 1.82) is 0 Å². The number of imidazole rings is 1. The number of hydrogen-bond acceptors (Lipinski definition) is 5. The monoisotopic (exact) mass is 556 g/mol. The van der Waals surface area contributed by atoms with E-state index in [1.165, 1.54) is 0 Å². The fraction of sp³-hybridized carbons (Fsp3) is 0.219. The van der Waals surface area contributed by atoms with Gasteiger partial charge in [0.15, 0.2) is 0 Å². The molecule has 1 aliphatic rings. The Kier molecular flexibility index (Phi) is 9.05. The van der Waals surface area contributed by atoms with Crippen LogP contribution in [0.2, 0.25) is 0 Å². The number of nitrogens with zero attached hydrogens (tertiary/aromatic N) is 4. The van der Waals surface area contributed by atoms with Gasteiger partial charge in [-0.3, -0.25) is 14.9 Å². The molecular weight excluding hydrogens is 525 g/mol. The van der Waals surface area contributed by atoms with E-state index in [0.29, 0.717) is 41.3 Å². The molecule has 0 amide bonds. The molecule has 0 saturated carbocycles. The zero-order valence-corrected chi connectivity index (χ0v) is 22.7. The lowest BCUT2D eigenvalue weighted by atomic mass is 9.99. The van der Waals surface area contributed by atoms with Crippen LogP contribution in [0.15, 0.2) is 73.9 Å². The number of benzene rings is 1. The van der Waals surface area contributed by atoms with E-state index >= 15 is 4.39 Å². The number of allylic oxidation sites excluding steroid dienone is 2. The van der Waals surface area contributed by atoms with Crippen LogP contribution in [0.1, 0.15) is 40.3 Å². The molecule has 4 heterocycles. The smallest absolute Gasteiger partial charge is 0.261 e. The van der Waals surface area contributed by atoms with Crippen LogP contribution in [0, 0.1) is 25.6 Å². The summed E-state index contributed by atoms with van der Waals surface area (Å²) in [6, 6.07) is 8.86. The maximum absolute atomic E-state index is 15.9. The minimum absolute atomic E-state index is 0.150. The molecule has 3 aromatic heterocycles. The molecule has 1 saturated heterocycles. The number of halogens is 3. The number of pyridine rings is 2. The van der Waals surface area contributed by atoms with Gasteiger partial charge in [-0.15, -0.1) is 12.8 Å². The predicted molar refractivity (Wildman–Crippen MR) is 156 cm³/mol. The summed E-state index contributed by atoms with van der Waals surface area (Å²) in [6.07, 6.45) is 18.2. The third-order valence-electron chi connectivity index (χ3n) is 6.83. The first kappa shape index (κ1) is 29.3. The average molecular weight is 557 g/mol. The number of alkyl halides is 2. The second kappa shape index (κ2) is 12.7. The van der Waals surface area contributed by atoms with Crippen LogP contribution in [-0.2, 0) is 13.0 Å². The van der Waals surface area contributed by atoms with E-state index in [2.05, 4.69) is 34.4 Å². The van der Waals surface area contributed by atoms with Crippen LogP contribution in [0.5, 0.6) is 0 Å². The number of rotatable bonds is 8. The Morgan fingerprint density at radius 2 is 2.00 bits per heavy atom. The van der Waals surface area contributed by atoms with Crippen molar-refractivity contribution in [3.05, 3.63) is 114 Å². The van der Waals surface area contributed by atoms with Crippen LogP contribution in [0.3, 0.4) is 0 Å². The van der Waals surface area contributed by atoms with E-state index in [-0.39, 0.29) is 19.4 Å². The van der Waals surface area contributed by atoms with Crippen molar-refractivity contribution in [3.8, 4) is 24.0 Å². The maximum atomic E-state index is 15.9. The van der Waals surface area contributed by atoms with Crippen molar-refractivity contribution >= 4 is 11.3 Å². The molecule has 3 N–H and O–H groups in total. The largest absolute Gasteiger partial charge is 0.398 e. The first-order valence-corrected chi connectivity index (χ1v) is 13.0. The first-order valence-electron chi connectivity index (χ1n) is 13.0. The Morgan fingerprint density at radius 1 is 1.20 bits per heavy atom. The van der Waals surface area contributed by atoms with Crippen LogP contribution in [0.25, 0.3) is 16.7 Å². The lowest BCUT2D eigenvalue weighted by Gasteiger charge is -2.16. The van der Waals surface area contributed by atoms with Gasteiger partial charge in [-0.2, -0.15) is 0 Å². The quantitative estimate of drug-likeness (QED) is 0.154. The average Bonchev–Trinajstić information content (AvgIpc) is 3.51. The Morgan fingerprint density at radius 3 is 2.68 bits per heavy atom. The summed E-state index contributed by atoms with van der Waals surface area (Å²) in [6.45, 7) is 6.07. The number of nitrogens with one attached hydrogen (secondary N) is 1. The Hall–Kier alpha value is -4.68. The van der Waals surface area contributed by atoms with Gasteiger partial charge in [0.05, 0.1) is 12.2 Å². The summed E-state index contributed by atoms with van der Waals surface area (Å²) < 4.78 is 43.1. The van der Waals surface area contributed by atoms with Gasteiger partial charge in [-0.25, -0.2) is 18.2 Å². The molecule has 1 aliphatic heterocycles. The van der Waals surface area contributed by atoms with Gasteiger partial charge in [0.1, 0.15) is 11.6 Å². The summed E-state index contributed by atoms with van der Waals surface area (Å²) in [5.41, 5.74) is 11.7. The Balaban J connectivity index is 0.00000189. The predicted octanol–water partition coefficient (Wildman–Crippen LogP) is 6.20. The fourth-order valence-electron chi connectivity index (χ4n) is 4.95. The van der Waals surface area contributed by atoms with Crippen molar-refractivity contribution in [2.24, 2.45) is 0 Å². The summed E-state index contributed by atoms with van der Waals surface area (Å²) in [4.78, 5) is 18.2. The highest BCUT2D eigenvalue weighted by atomic mass is 19.3. The molecule has 0 atom stereocenters. The topological polar surface area (TPSA) is 83.7 Å². The molecule has 0 spiro atoms. The van der Waals surface area contributed by atoms with E-state index in [9.17, 15) is 8.78 Å². The molecule has 4 aromatic rings. The number of nitrogen functional groups attached to an aromatic ring is 1. The molecule has 0 radical (unpaired) electrons. The molecule has 5 rings (SSSR count). The van der Waals surface area contributed by atoms with Gasteiger partial charge >= 0.3 is 0 Å². The van der Waals surface area contributed by atoms with Crippen LogP contribution in [0.4, 0.5) is 18.9 Å². The number of terminal acetylenes is 1. The SMILES string of the molecule is C#C.C=C/C=C(/c1cccnc1)c1nc(Cc2c(N)ccc(-c3cncc(CN4CCC(F)(F)C4)c3)c2F)[nH]c1C. The number of likely N-dealkylation sites (tertiary alicyclic amines) is 1. The molecule has 1 fully saturated rings. The Labute approximate surface area is 237 Å². The highest BCUT2D eigenvalue weighted by molar-refractivity contribution is 5.79. The van der Waals surface area contributed by atoms with Gasteiger partial charge in [-0.05, 0) is 36.8 Å². The number of aromatic nitrogens is 4. The minimum Gasteiger partial charge on any atom is -0.398 e. The first-order chi connectivity index (χ1) is 19.7. The summed E-state index contributed by atoms with van der Waals surface area (Å²) >= 11 is 0. The van der Waals surface area contributed by atoms with Crippen molar-refractivity contribution in [2.75, 3.05) is 18.8 Å². The zero-order chi connectivity index (χ0) is 29.6. The van der Waals surface area contributed by atoms with Crippen molar-refractivity contribution < 1.29 is 13.2 Å². The normalized spacial score (nSPS) is 14.8. The number of H-pyrrole nitrogens is 1. The van der Waals surface area contributed by atoms with Crippen LogP contribution in [-0.4, -0.2) is 43.8 Å². The fourth-order valence-corrected chi connectivity index (χ4v) is 4.95. The summed E-state index contributed by atoms with van der Waals surface area (Å²) in [5, 5.41) is 0. The highest BCUT2D eigenvalue weighted by Gasteiger charge is 2.37. The van der Waals surface area contributed by atoms with E-state index in [1.807, 2.05) is 25.1 Å². The standard InChI is InChI=1S/C30H29F3N6.C2H2/c1-3-5-24(21-6-4-10-35-15-21)29-19(2)37-27(38-29)13-25-26(34)8-7-23(28(25)31)22-12-20(14-36-16-22)17-39-11-9-30(32,33)18-39;1-2/h3-8,10,12,14-16H,1,9,11,13,17-18,34H2,2H3,(H,37,38);1-2H/b24-5-;. The van der Waals surface area contributed by atoms with E-state index in [1.54, 1.807) is 54.0 Å². The number of aromatic amines is 1. The van der Waals surface area contributed by atoms with Gasteiger partial charge in [0, 0.05) is 89.9 Å². The number of hydrogen-bond donors (Lipinski definition) is 2. The van der Waals surface area contributed by atoms with Crippen LogP contribution < -0.4 is 5.73 Å². The summed E-state index contributed by atoms with van der Waals surface area (Å²) in [7, 11) is 0. The molecular formula is C32H31F3N6. The second-order valence-electron chi connectivity index (χ2n) is 9.78. The van der Waals surface area contributed by atoms with E-state index < -0.39 is 11.7 Å². The lowest BCUT2D eigenvalue weighted by molar-refractivity contribution is 0.0115. The Bertz CT molecular complexity index is 1570. The van der Waals surface area contributed by atoms with Crippen molar-refractivity contribution in [1.82, 2.24) is 24.8 Å². The third kappa shape index (κ3) is 6.73. The van der Waals surface area contributed by atoms with E-state index in [4.69, 9.17) is 10.7 Å². The third-order valence-corrected chi connectivity index (χ3v) is 6.83. The van der Waals surface area contributed by atoms with Gasteiger partial charge in [0.25, 0.3) is 5.92 Å². The molecule has 6 nitrogen and oxygen atoms in total. The molecule has 1 aromatic carbocycles. The molecule has 9 heteroatoms. The lowest BCUT2D eigenvalue weighted by Crippen LogP contribution is -2.24. The molecule has 0 aliphatic carbocycles. The zero-order valence-electron chi connectivity index (χ0n) is 22.7. The number of aryl methyl sites for hydroxylation is 1. The highest BCUT2D eigenvalue weighted by Crippen LogP contribution is 2.32. The molecule has 41 heavy (non-hydrogen) atoms. The molecule has 0 unspecified atom stereocenters. The molecule has 0 bridgehead atoms. The van der Waals surface area contributed by atoms with Gasteiger partial charge in [0.2, 0.25) is 0 Å². The molecule has 210 valence electrons.